The summed E-state index contributed by atoms with van der Waals surface area (Å²) in [5.41, 5.74) is 3.97. The summed E-state index contributed by atoms with van der Waals surface area (Å²) in [5, 5.41) is 10.2. The van der Waals surface area contributed by atoms with Crippen LogP contribution < -0.4 is 0 Å². The van der Waals surface area contributed by atoms with Gasteiger partial charge in [0.25, 0.3) is 0 Å². The third-order valence-electron chi connectivity index (χ3n) is 5.71. The number of aryl methyl sites for hydroxylation is 1. The lowest BCUT2D eigenvalue weighted by Gasteiger charge is -2.28. The molecular formula is C21H27N3O3S. The Balaban J connectivity index is 1.96. The molecule has 1 N–H and O–H groups in total. The van der Waals surface area contributed by atoms with Crippen LogP contribution in [-0.4, -0.2) is 47.0 Å². The van der Waals surface area contributed by atoms with Crippen LogP contribution in [0.5, 0.6) is 0 Å². The van der Waals surface area contributed by atoms with E-state index in [1.807, 2.05) is 39.2 Å². The zero-order valence-corrected chi connectivity index (χ0v) is 17.6. The Hall–Kier alpha value is -2.12. The molecular weight excluding hydrogens is 374 g/mol. The Bertz CT molecular complexity index is 1110. The Morgan fingerprint density at radius 1 is 1.25 bits per heavy atom. The lowest BCUT2D eigenvalue weighted by molar-refractivity contribution is 0.0868. The highest BCUT2D eigenvalue weighted by Gasteiger charge is 2.27. The average Bonchev–Trinajstić information content (AvgIpc) is 3.42. The van der Waals surface area contributed by atoms with Gasteiger partial charge in [-0.1, -0.05) is 6.92 Å². The van der Waals surface area contributed by atoms with Crippen molar-refractivity contribution in [2.45, 2.75) is 51.3 Å². The fourth-order valence-corrected chi connectivity index (χ4v) is 4.84. The lowest BCUT2D eigenvalue weighted by Crippen LogP contribution is -2.30. The molecule has 1 aliphatic carbocycles. The van der Waals surface area contributed by atoms with Crippen LogP contribution in [0.4, 0.5) is 0 Å². The van der Waals surface area contributed by atoms with Gasteiger partial charge in [0, 0.05) is 19.8 Å². The molecule has 1 unspecified atom stereocenters. The van der Waals surface area contributed by atoms with Crippen molar-refractivity contribution in [3.05, 3.63) is 41.4 Å². The van der Waals surface area contributed by atoms with Gasteiger partial charge in [-0.05, 0) is 67.5 Å². The molecule has 0 saturated heterocycles. The van der Waals surface area contributed by atoms with Gasteiger partial charge in [0.1, 0.15) is 17.6 Å². The van der Waals surface area contributed by atoms with E-state index in [1.165, 1.54) is 12.8 Å². The molecule has 0 amide bonds. The number of aliphatic hydroxyl groups is 1. The first-order valence-electron chi connectivity index (χ1n) is 9.75. The molecule has 1 aliphatic heterocycles. The minimum atomic E-state index is -3.43. The van der Waals surface area contributed by atoms with Gasteiger partial charge >= 0.3 is 0 Å². The van der Waals surface area contributed by atoms with Crippen molar-refractivity contribution in [1.82, 2.24) is 14.5 Å². The molecule has 28 heavy (non-hydrogen) atoms. The minimum Gasteiger partial charge on any atom is -0.370 e. The summed E-state index contributed by atoms with van der Waals surface area (Å²) in [6.45, 7) is 6.36. The number of nitrogens with zero attached hydrogens (tertiary/aromatic N) is 3. The van der Waals surface area contributed by atoms with E-state index in [1.54, 1.807) is 17.9 Å². The number of aromatic nitrogens is 2. The van der Waals surface area contributed by atoms with E-state index in [2.05, 4.69) is 9.55 Å². The van der Waals surface area contributed by atoms with Crippen molar-refractivity contribution in [1.29, 1.82) is 0 Å². The second kappa shape index (κ2) is 6.74. The average molecular weight is 402 g/mol. The number of likely N-dealkylation sites (N-methyl/N-ethyl adjacent to an activating group) is 1. The van der Waals surface area contributed by atoms with E-state index in [0.29, 0.717) is 16.3 Å². The molecule has 2 aromatic rings. The van der Waals surface area contributed by atoms with Crippen molar-refractivity contribution >= 4 is 26.4 Å². The van der Waals surface area contributed by atoms with Crippen LogP contribution in [0.2, 0.25) is 0 Å². The monoisotopic (exact) mass is 401 g/mol. The Morgan fingerprint density at radius 2 is 1.96 bits per heavy atom. The summed E-state index contributed by atoms with van der Waals surface area (Å²) in [4.78, 5) is 6.66. The molecule has 1 aromatic carbocycles. The first kappa shape index (κ1) is 19.2. The van der Waals surface area contributed by atoms with Crippen molar-refractivity contribution in [3.63, 3.8) is 0 Å². The van der Waals surface area contributed by atoms with Crippen molar-refractivity contribution in [3.8, 4) is 0 Å². The zero-order valence-electron chi connectivity index (χ0n) is 16.8. The molecule has 4 rings (SSSR count). The van der Waals surface area contributed by atoms with Crippen LogP contribution in [0.25, 0.3) is 16.6 Å². The first-order chi connectivity index (χ1) is 13.2. The number of imidazole rings is 1. The number of hydrogen-bond donors (Lipinski definition) is 1. The first-order valence-corrected chi connectivity index (χ1v) is 11.4. The number of aliphatic hydroxyl groups excluding tert-OH is 1. The van der Waals surface area contributed by atoms with Crippen LogP contribution in [0.15, 0.2) is 34.9 Å². The van der Waals surface area contributed by atoms with Gasteiger partial charge < -0.3 is 14.6 Å². The smallest absolute Gasteiger partial charge is 0.180 e. The fourth-order valence-electron chi connectivity index (χ4n) is 3.78. The zero-order chi connectivity index (χ0) is 20.2. The largest absolute Gasteiger partial charge is 0.370 e. The van der Waals surface area contributed by atoms with E-state index < -0.39 is 16.1 Å². The lowest BCUT2D eigenvalue weighted by atomic mass is 10.00. The van der Waals surface area contributed by atoms with Crippen LogP contribution in [-0.2, 0) is 16.4 Å². The number of sulfone groups is 1. The Kier molecular flexibility index (Phi) is 4.62. The maximum absolute atomic E-state index is 12.9. The molecule has 0 bridgehead atoms. The molecule has 0 spiro atoms. The van der Waals surface area contributed by atoms with Crippen molar-refractivity contribution < 1.29 is 13.5 Å². The predicted molar refractivity (Wildman–Crippen MR) is 110 cm³/mol. The second-order valence-corrected chi connectivity index (χ2v) is 10.2. The predicted octanol–water partition coefficient (Wildman–Crippen LogP) is 3.10. The van der Waals surface area contributed by atoms with E-state index in [9.17, 15) is 13.5 Å². The van der Waals surface area contributed by atoms with Crippen LogP contribution in [0.3, 0.4) is 0 Å². The van der Waals surface area contributed by atoms with Crippen molar-refractivity contribution in [2.24, 2.45) is 5.92 Å². The van der Waals surface area contributed by atoms with Crippen LogP contribution in [0, 0.1) is 12.8 Å². The Morgan fingerprint density at radius 3 is 2.57 bits per heavy atom. The topological polar surface area (TPSA) is 75.4 Å². The minimum absolute atomic E-state index is 0.0343. The molecule has 1 aromatic heterocycles. The summed E-state index contributed by atoms with van der Waals surface area (Å²) in [6.07, 6.45) is 5.55. The van der Waals surface area contributed by atoms with Crippen LogP contribution in [0.1, 0.15) is 38.1 Å². The number of allylic oxidation sites excluding steroid dienone is 2. The van der Waals surface area contributed by atoms with Gasteiger partial charge in [-0.25, -0.2) is 13.4 Å². The Labute approximate surface area is 166 Å². The normalized spacial score (nSPS) is 20.5. The van der Waals surface area contributed by atoms with Gasteiger partial charge in [0.05, 0.1) is 16.2 Å². The van der Waals surface area contributed by atoms with Gasteiger partial charge in [-0.3, -0.25) is 0 Å². The molecule has 7 heteroatoms. The second-order valence-electron chi connectivity index (χ2n) is 7.97. The maximum atomic E-state index is 12.9. The van der Waals surface area contributed by atoms with E-state index in [-0.39, 0.29) is 5.75 Å². The standard InChI is InChI=1S/C21H27N3O3S/c1-5-28(26,27)19-10-16(17-8-13(2)21(25)23(4)12-17)9-18-20(19)22-14(3)24(18)11-15-6-7-15/h8-10,12,15,21,25H,5-7,11H2,1-4H3. The summed E-state index contributed by atoms with van der Waals surface area (Å²) >= 11 is 0. The van der Waals surface area contributed by atoms with Gasteiger partial charge in [-0.2, -0.15) is 0 Å². The van der Waals surface area contributed by atoms with E-state index >= 15 is 0 Å². The third kappa shape index (κ3) is 3.26. The molecule has 6 nitrogen and oxygen atoms in total. The van der Waals surface area contributed by atoms with Crippen LogP contribution >= 0.6 is 0 Å². The highest BCUT2D eigenvalue weighted by atomic mass is 32.2. The number of fused-ring (bicyclic) bond motifs is 1. The fraction of sp³-hybridized carbons (Fsp3) is 0.476. The number of hydrogen-bond acceptors (Lipinski definition) is 5. The summed E-state index contributed by atoms with van der Waals surface area (Å²) in [7, 11) is -1.62. The highest BCUT2D eigenvalue weighted by Crippen LogP contribution is 2.36. The quantitative estimate of drug-likeness (QED) is 0.833. The molecule has 1 fully saturated rings. The highest BCUT2D eigenvalue weighted by molar-refractivity contribution is 7.91. The van der Waals surface area contributed by atoms with Gasteiger partial charge in [0.2, 0.25) is 0 Å². The molecule has 2 aliphatic rings. The summed E-state index contributed by atoms with van der Waals surface area (Å²) < 4.78 is 27.9. The SMILES string of the molecule is CCS(=O)(=O)c1cc(C2=CN(C)C(O)C(C)=C2)cc2c1nc(C)n2CC1CC1. The molecule has 1 saturated carbocycles. The molecule has 150 valence electrons. The van der Waals surface area contributed by atoms with E-state index in [4.69, 9.17) is 0 Å². The van der Waals surface area contributed by atoms with E-state index in [0.717, 1.165) is 34.6 Å². The molecule has 0 radical (unpaired) electrons. The number of rotatable bonds is 5. The number of benzene rings is 1. The maximum Gasteiger partial charge on any atom is 0.180 e. The molecule has 2 heterocycles. The van der Waals surface area contributed by atoms with Crippen molar-refractivity contribution in [2.75, 3.05) is 12.8 Å². The summed E-state index contributed by atoms with van der Waals surface area (Å²) in [6, 6.07) is 3.77. The van der Waals surface area contributed by atoms with Gasteiger partial charge in [0.15, 0.2) is 9.84 Å². The molecule has 1 atom stereocenters. The van der Waals surface area contributed by atoms with Gasteiger partial charge in [-0.15, -0.1) is 0 Å². The summed E-state index contributed by atoms with van der Waals surface area (Å²) in [5.74, 6) is 1.54. The third-order valence-corrected chi connectivity index (χ3v) is 7.46.